The summed E-state index contributed by atoms with van der Waals surface area (Å²) in [4.78, 5) is 27.6. The van der Waals surface area contributed by atoms with Crippen LogP contribution in [0, 0.1) is 6.92 Å². The van der Waals surface area contributed by atoms with E-state index in [2.05, 4.69) is 5.32 Å². The summed E-state index contributed by atoms with van der Waals surface area (Å²) in [6.45, 7) is 5.44. The first-order valence-electron chi connectivity index (χ1n) is 10.0. The van der Waals surface area contributed by atoms with Gasteiger partial charge in [-0.25, -0.2) is 0 Å². The number of likely N-dealkylation sites (tertiary alicyclic amines) is 1. The van der Waals surface area contributed by atoms with E-state index in [1.807, 2.05) is 55.1 Å². The summed E-state index contributed by atoms with van der Waals surface area (Å²) in [5.74, 6) is 0.394. The van der Waals surface area contributed by atoms with E-state index in [9.17, 15) is 9.59 Å². The number of nitrogens with zero attached hydrogens (tertiary/aromatic N) is 1. The predicted molar refractivity (Wildman–Crippen MR) is 111 cm³/mol. The van der Waals surface area contributed by atoms with E-state index in [1.54, 1.807) is 12.1 Å². The highest BCUT2D eigenvalue weighted by Gasteiger charge is 2.24. The summed E-state index contributed by atoms with van der Waals surface area (Å²) < 4.78 is 5.89. The van der Waals surface area contributed by atoms with E-state index in [1.165, 1.54) is 0 Å². The van der Waals surface area contributed by atoms with Gasteiger partial charge in [-0.05, 0) is 62.4 Å². The molecule has 148 valence electrons. The minimum atomic E-state index is -0.625. The standard InChI is InChI=1S/C23H28N2O3/c1-3-21(28-18-11-9-10-17(2)16-18)22(26)24-20-13-6-5-12-19(20)23(27)25-14-7-4-8-15-25/h5-6,9-13,16,21H,3-4,7-8,14-15H2,1-2H3,(H,24,26). The average Bonchev–Trinajstić information content (AvgIpc) is 2.72. The van der Waals surface area contributed by atoms with Crippen LogP contribution in [-0.2, 0) is 4.79 Å². The molecule has 1 N–H and O–H groups in total. The van der Waals surface area contributed by atoms with Crippen molar-refractivity contribution in [1.29, 1.82) is 0 Å². The molecule has 1 unspecified atom stereocenters. The molecule has 0 aliphatic carbocycles. The molecule has 5 heteroatoms. The van der Waals surface area contributed by atoms with Gasteiger partial charge in [-0.3, -0.25) is 9.59 Å². The summed E-state index contributed by atoms with van der Waals surface area (Å²) in [5.41, 5.74) is 2.14. The zero-order valence-corrected chi connectivity index (χ0v) is 16.6. The monoisotopic (exact) mass is 380 g/mol. The molecule has 0 saturated carbocycles. The molecule has 0 bridgehead atoms. The lowest BCUT2D eigenvalue weighted by Crippen LogP contribution is -2.37. The molecule has 1 heterocycles. The Balaban J connectivity index is 1.73. The van der Waals surface area contributed by atoms with E-state index in [4.69, 9.17) is 4.74 Å². The average molecular weight is 380 g/mol. The lowest BCUT2D eigenvalue weighted by Gasteiger charge is -2.27. The zero-order valence-electron chi connectivity index (χ0n) is 16.6. The first-order chi connectivity index (χ1) is 13.6. The number of piperidine rings is 1. The van der Waals surface area contributed by atoms with Gasteiger partial charge in [0, 0.05) is 13.1 Å². The second kappa shape index (κ2) is 9.40. The van der Waals surface area contributed by atoms with Crippen LogP contribution in [0.1, 0.15) is 48.5 Å². The third kappa shape index (κ3) is 4.91. The predicted octanol–water partition coefficient (Wildman–Crippen LogP) is 4.42. The summed E-state index contributed by atoms with van der Waals surface area (Å²) in [7, 11) is 0. The molecule has 5 nitrogen and oxygen atoms in total. The van der Waals surface area contributed by atoms with E-state index in [-0.39, 0.29) is 11.8 Å². The maximum absolute atomic E-state index is 12.9. The molecular formula is C23H28N2O3. The Bertz CT molecular complexity index is 828. The highest BCUT2D eigenvalue weighted by molar-refractivity contribution is 6.04. The Labute approximate surface area is 166 Å². The summed E-state index contributed by atoms with van der Waals surface area (Å²) >= 11 is 0. The van der Waals surface area contributed by atoms with Gasteiger partial charge in [0.25, 0.3) is 11.8 Å². The Morgan fingerprint density at radius 2 is 1.82 bits per heavy atom. The van der Waals surface area contributed by atoms with Crippen LogP contribution in [0.4, 0.5) is 5.69 Å². The van der Waals surface area contributed by atoms with Crippen molar-refractivity contribution >= 4 is 17.5 Å². The Hall–Kier alpha value is -2.82. The number of anilines is 1. The minimum absolute atomic E-state index is 0.0248. The molecule has 2 aromatic carbocycles. The van der Waals surface area contributed by atoms with Gasteiger partial charge in [-0.15, -0.1) is 0 Å². The lowest BCUT2D eigenvalue weighted by molar-refractivity contribution is -0.122. The molecule has 2 amide bonds. The fourth-order valence-electron chi connectivity index (χ4n) is 3.43. The van der Waals surface area contributed by atoms with Gasteiger partial charge in [0.1, 0.15) is 5.75 Å². The highest BCUT2D eigenvalue weighted by atomic mass is 16.5. The van der Waals surface area contributed by atoms with Gasteiger partial charge in [-0.1, -0.05) is 31.2 Å². The van der Waals surface area contributed by atoms with Gasteiger partial charge >= 0.3 is 0 Å². The summed E-state index contributed by atoms with van der Waals surface area (Å²) in [6, 6.07) is 14.8. The van der Waals surface area contributed by atoms with Crippen LogP contribution in [0.5, 0.6) is 5.75 Å². The second-order valence-corrected chi connectivity index (χ2v) is 7.22. The molecular weight excluding hydrogens is 352 g/mol. The van der Waals surface area contributed by atoms with Crippen LogP contribution in [0.3, 0.4) is 0 Å². The topological polar surface area (TPSA) is 58.6 Å². The quantitative estimate of drug-likeness (QED) is 0.807. The number of amides is 2. The summed E-state index contributed by atoms with van der Waals surface area (Å²) in [6.07, 6.45) is 3.13. The number of para-hydroxylation sites is 1. The molecule has 1 fully saturated rings. The number of rotatable bonds is 6. The first kappa shape index (κ1) is 19.9. The van der Waals surface area contributed by atoms with Crippen molar-refractivity contribution in [2.45, 2.75) is 45.6 Å². The number of aryl methyl sites for hydroxylation is 1. The largest absolute Gasteiger partial charge is 0.481 e. The van der Waals surface area contributed by atoms with Crippen LogP contribution >= 0.6 is 0 Å². The SMILES string of the molecule is CCC(Oc1cccc(C)c1)C(=O)Nc1ccccc1C(=O)N1CCCCC1. The molecule has 2 aromatic rings. The van der Waals surface area contributed by atoms with Crippen LogP contribution in [-0.4, -0.2) is 35.9 Å². The van der Waals surface area contributed by atoms with Crippen molar-refractivity contribution in [3.8, 4) is 5.75 Å². The van der Waals surface area contributed by atoms with Crippen molar-refractivity contribution in [1.82, 2.24) is 4.90 Å². The molecule has 3 rings (SSSR count). The molecule has 1 aliphatic rings. The molecule has 1 saturated heterocycles. The van der Waals surface area contributed by atoms with E-state index in [0.717, 1.165) is 37.9 Å². The Kier molecular flexibility index (Phi) is 6.69. The van der Waals surface area contributed by atoms with Crippen LogP contribution in [0.2, 0.25) is 0 Å². The van der Waals surface area contributed by atoms with Gasteiger partial charge in [-0.2, -0.15) is 0 Å². The Morgan fingerprint density at radius 1 is 1.07 bits per heavy atom. The maximum atomic E-state index is 12.9. The van der Waals surface area contributed by atoms with E-state index < -0.39 is 6.10 Å². The van der Waals surface area contributed by atoms with Gasteiger partial charge in [0.15, 0.2) is 6.10 Å². The first-order valence-corrected chi connectivity index (χ1v) is 10.0. The number of carbonyl (C=O) groups excluding carboxylic acids is 2. The molecule has 0 aromatic heterocycles. The third-order valence-corrected chi connectivity index (χ3v) is 4.99. The number of carbonyl (C=O) groups is 2. The normalized spacial score (nSPS) is 15.0. The zero-order chi connectivity index (χ0) is 19.9. The smallest absolute Gasteiger partial charge is 0.265 e. The van der Waals surface area contributed by atoms with Crippen LogP contribution in [0.15, 0.2) is 48.5 Å². The van der Waals surface area contributed by atoms with Gasteiger partial charge < -0.3 is 15.0 Å². The molecule has 0 spiro atoms. The molecule has 1 atom stereocenters. The van der Waals surface area contributed by atoms with Gasteiger partial charge in [0.2, 0.25) is 0 Å². The molecule has 0 radical (unpaired) electrons. The molecule has 28 heavy (non-hydrogen) atoms. The van der Waals surface area contributed by atoms with E-state index >= 15 is 0 Å². The highest BCUT2D eigenvalue weighted by Crippen LogP contribution is 2.21. The van der Waals surface area contributed by atoms with Crippen molar-refractivity contribution in [2.24, 2.45) is 0 Å². The number of hydrogen-bond acceptors (Lipinski definition) is 3. The van der Waals surface area contributed by atoms with Crippen molar-refractivity contribution in [3.05, 3.63) is 59.7 Å². The molecule has 1 aliphatic heterocycles. The second-order valence-electron chi connectivity index (χ2n) is 7.22. The fraction of sp³-hybridized carbons (Fsp3) is 0.391. The van der Waals surface area contributed by atoms with Crippen molar-refractivity contribution < 1.29 is 14.3 Å². The van der Waals surface area contributed by atoms with Crippen LogP contribution in [0.25, 0.3) is 0 Å². The van der Waals surface area contributed by atoms with Crippen molar-refractivity contribution in [3.63, 3.8) is 0 Å². The third-order valence-electron chi connectivity index (χ3n) is 4.99. The minimum Gasteiger partial charge on any atom is -0.481 e. The number of nitrogens with one attached hydrogen (secondary N) is 1. The van der Waals surface area contributed by atoms with Crippen LogP contribution < -0.4 is 10.1 Å². The number of benzene rings is 2. The van der Waals surface area contributed by atoms with Gasteiger partial charge in [0.05, 0.1) is 11.3 Å². The fourth-order valence-corrected chi connectivity index (χ4v) is 3.43. The maximum Gasteiger partial charge on any atom is 0.265 e. The summed E-state index contributed by atoms with van der Waals surface area (Å²) in [5, 5.41) is 2.90. The van der Waals surface area contributed by atoms with E-state index in [0.29, 0.717) is 23.4 Å². The number of hydrogen-bond donors (Lipinski definition) is 1. The Morgan fingerprint density at radius 3 is 2.54 bits per heavy atom. The van der Waals surface area contributed by atoms with Crippen molar-refractivity contribution in [2.75, 3.05) is 18.4 Å². The number of ether oxygens (including phenoxy) is 1. The lowest BCUT2D eigenvalue weighted by atomic mass is 10.1.